The molecule has 0 bridgehead atoms. The summed E-state index contributed by atoms with van der Waals surface area (Å²) in [6, 6.07) is 17.4. The predicted molar refractivity (Wildman–Crippen MR) is 99.4 cm³/mol. The lowest BCUT2D eigenvalue weighted by atomic mass is 9.94. The van der Waals surface area contributed by atoms with Crippen molar-refractivity contribution in [3.05, 3.63) is 77.7 Å². The third kappa shape index (κ3) is 3.84. The van der Waals surface area contributed by atoms with Crippen LogP contribution in [0.15, 0.2) is 60.7 Å². The maximum atomic E-state index is 13.9. The molecule has 1 amide bonds. The van der Waals surface area contributed by atoms with Crippen LogP contribution in [0.1, 0.15) is 34.8 Å². The third-order valence-electron chi connectivity index (χ3n) is 4.79. The highest BCUT2D eigenvalue weighted by Gasteiger charge is 2.28. The number of amides is 1. The van der Waals surface area contributed by atoms with Gasteiger partial charge in [0.1, 0.15) is 11.6 Å². The number of rotatable bonds is 4. The Kier molecular flexibility index (Phi) is 4.87. The minimum absolute atomic E-state index is 0.120. The molecule has 27 heavy (non-hydrogen) atoms. The molecule has 5 nitrogen and oxygen atoms in total. The second-order valence-electron chi connectivity index (χ2n) is 6.65. The van der Waals surface area contributed by atoms with Crippen molar-refractivity contribution in [2.45, 2.75) is 18.8 Å². The number of para-hydroxylation sites is 1. The van der Waals surface area contributed by atoms with Gasteiger partial charge in [-0.25, -0.2) is 4.39 Å². The number of benzene rings is 2. The van der Waals surface area contributed by atoms with Gasteiger partial charge in [-0.15, -0.1) is 5.10 Å². The zero-order valence-electron chi connectivity index (χ0n) is 14.8. The first-order chi connectivity index (χ1) is 13.2. The SMILES string of the molecule is O=C(c1ccccc1F)N1CCC[C@H](c2cc(Oc3ccccc3)n[nH]2)C1. The number of hydrogen-bond acceptors (Lipinski definition) is 3. The quantitative estimate of drug-likeness (QED) is 0.747. The second kappa shape index (κ2) is 7.61. The number of likely N-dealkylation sites (tertiary alicyclic amines) is 1. The van der Waals surface area contributed by atoms with Gasteiger partial charge in [0, 0.05) is 30.8 Å². The Labute approximate surface area is 156 Å². The number of aromatic amines is 1. The molecular weight excluding hydrogens is 345 g/mol. The van der Waals surface area contributed by atoms with E-state index in [-0.39, 0.29) is 17.4 Å². The normalized spacial score (nSPS) is 16.9. The number of carbonyl (C=O) groups excluding carboxylic acids is 1. The number of hydrogen-bond donors (Lipinski definition) is 1. The van der Waals surface area contributed by atoms with Crippen molar-refractivity contribution >= 4 is 5.91 Å². The van der Waals surface area contributed by atoms with E-state index in [1.807, 2.05) is 36.4 Å². The van der Waals surface area contributed by atoms with E-state index >= 15 is 0 Å². The largest absolute Gasteiger partial charge is 0.438 e. The van der Waals surface area contributed by atoms with Crippen LogP contribution < -0.4 is 4.74 Å². The monoisotopic (exact) mass is 365 g/mol. The lowest BCUT2D eigenvalue weighted by Crippen LogP contribution is -2.39. The van der Waals surface area contributed by atoms with Gasteiger partial charge in [-0.2, -0.15) is 0 Å². The number of ether oxygens (including phenoxy) is 1. The number of nitrogens with zero attached hydrogens (tertiary/aromatic N) is 2. The molecule has 1 fully saturated rings. The predicted octanol–water partition coefficient (Wildman–Crippen LogP) is 4.36. The Morgan fingerprint density at radius 1 is 1.15 bits per heavy atom. The molecule has 1 aromatic heterocycles. The maximum absolute atomic E-state index is 13.9. The van der Waals surface area contributed by atoms with Gasteiger partial charge in [0.15, 0.2) is 0 Å². The van der Waals surface area contributed by atoms with E-state index in [2.05, 4.69) is 10.2 Å². The van der Waals surface area contributed by atoms with Gasteiger partial charge >= 0.3 is 0 Å². The summed E-state index contributed by atoms with van der Waals surface area (Å²) in [5, 5.41) is 7.24. The molecule has 0 saturated carbocycles. The van der Waals surface area contributed by atoms with Gasteiger partial charge in [0.25, 0.3) is 5.91 Å². The molecule has 0 radical (unpaired) electrons. The fourth-order valence-electron chi connectivity index (χ4n) is 3.41. The van der Waals surface area contributed by atoms with Crippen LogP contribution in [0.25, 0.3) is 0 Å². The second-order valence-corrected chi connectivity index (χ2v) is 6.65. The minimum Gasteiger partial charge on any atom is -0.438 e. The van der Waals surface area contributed by atoms with E-state index in [0.29, 0.717) is 19.0 Å². The van der Waals surface area contributed by atoms with Crippen LogP contribution in [0, 0.1) is 5.82 Å². The molecule has 1 aliphatic heterocycles. The minimum atomic E-state index is -0.482. The van der Waals surface area contributed by atoms with E-state index < -0.39 is 5.82 Å². The topological polar surface area (TPSA) is 58.2 Å². The number of nitrogens with one attached hydrogen (secondary N) is 1. The number of carbonyl (C=O) groups is 1. The molecule has 1 N–H and O–H groups in total. The van der Waals surface area contributed by atoms with E-state index in [4.69, 9.17) is 4.74 Å². The highest BCUT2D eigenvalue weighted by molar-refractivity contribution is 5.94. The first-order valence-corrected chi connectivity index (χ1v) is 9.03. The van der Waals surface area contributed by atoms with Gasteiger partial charge in [-0.3, -0.25) is 9.89 Å². The van der Waals surface area contributed by atoms with Gasteiger partial charge in [-0.05, 0) is 37.1 Å². The Bertz CT molecular complexity index is 926. The molecule has 0 aliphatic carbocycles. The summed E-state index contributed by atoms with van der Waals surface area (Å²) < 4.78 is 19.7. The molecule has 6 heteroatoms. The molecular formula is C21H20FN3O2. The van der Waals surface area contributed by atoms with Crippen LogP contribution >= 0.6 is 0 Å². The van der Waals surface area contributed by atoms with Crippen molar-refractivity contribution in [1.82, 2.24) is 15.1 Å². The van der Waals surface area contributed by atoms with E-state index in [1.54, 1.807) is 17.0 Å². The molecule has 3 aromatic rings. The van der Waals surface area contributed by atoms with Crippen LogP contribution in [-0.4, -0.2) is 34.1 Å². The van der Waals surface area contributed by atoms with Gasteiger partial charge in [0.05, 0.1) is 5.56 Å². The Hall–Kier alpha value is -3.15. The zero-order chi connectivity index (χ0) is 18.6. The first kappa shape index (κ1) is 17.3. The van der Waals surface area contributed by atoms with Gasteiger partial charge in [-0.1, -0.05) is 30.3 Å². The first-order valence-electron chi connectivity index (χ1n) is 9.03. The van der Waals surface area contributed by atoms with E-state index in [9.17, 15) is 9.18 Å². The number of aromatic nitrogens is 2. The summed E-state index contributed by atoms with van der Waals surface area (Å²) in [6.07, 6.45) is 1.80. The average molecular weight is 365 g/mol. The Balaban J connectivity index is 1.46. The number of piperidine rings is 1. The fraction of sp³-hybridized carbons (Fsp3) is 0.238. The van der Waals surface area contributed by atoms with E-state index in [0.717, 1.165) is 24.3 Å². The van der Waals surface area contributed by atoms with Crippen molar-refractivity contribution in [1.29, 1.82) is 0 Å². The van der Waals surface area contributed by atoms with Crippen molar-refractivity contribution in [3.63, 3.8) is 0 Å². The standard InChI is InChI=1S/C21H20FN3O2/c22-18-11-5-4-10-17(18)21(26)25-12-6-7-15(14-25)19-13-20(24-23-19)27-16-8-2-1-3-9-16/h1-5,8-11,13,15H,6-7,12,14H2,(H,23,24)/t15-/m0/s1. The van der Waals surface area contributed by atoms with E-state index in [1.165, 1.54) is 12.1 Å². The summed E-state index contributed by atoms with van der Waals surface area (Å²) in [6.45, 7) is 1.16. The van der Waals surface area contributed by atoms with Crippen molar-refractivity contribution in [3.8, 4) is 11.6 Å². The average Bonchev–Trinajstić information content (AvgIpc) is 3.17. The van der Waals surface area contributed by atoms with Crippen LogP contribution in [0.2, 0.25) is 0 Å². The van der Waals surface area contributed by atoms with Crippen LogP contribution in [-0.2, 0) is 0 Å². The van der Waals surface area contributed by atoms with Crippen molar-refractivity contribution in [2.75, 3.05) is 13.1 Å². The molecule has 1 saturated heterocycles. The van der Waals surface area contributed by atoms with Gasteiger partial charge in [0.2, 0.25) is 5.88 Å². The van der Waals surface area contributed by atoms with Gasteiger partial charge < -0.3 is 9.64 Å². The summed E-state index contributed by atoms with van der Waals surface area (Å²) in [7, 11) is 0. The lowest BCUT2D eigenvalue weighted by Gasteiger charge is -2.32. The summed E-state index contributed by atoms with van der Waals surface area (Å²) in [4.78, 5) is 14.4. The van der Waals surface area contributed by atoms with Crippen LogP contribution in [0.3, 0.4) is 0 Å². The molecule has 1 atom stereocenters. The molecule has 138 valence electrons. The Morgan fingerprint density at radius 3 is 2.74 bits per heavy atom. The van der Waals surface area contributed by atoms with Crippen LogP contribution in [0.5, 0.6) is 11.6 Å². The molecule has 2 aromatic carbocycles. The summed E-state index contributed by atoms with van der Waals surface area (Å²) >= 11 is 0. The highest BCUT2D eigenvalue weighted by Crippen LogP contribution is 2.29. The number of halogens is 1. The molecule has 2 heterocycles. The lowest BCUT2D eigenvalue weighted by molar-refractivity contribution is 0.0701. The van der Waals surface area contributed by atoms with Crippen molar-refractivity contribution < 1.29 is 13.9 Å². The van der Waals surface area contributed by atoms with Crippen molar-refractivity contribution in [2.24, 2.45) is 0 Å². The molecule has 4 rings (SSSR count). The molecule has 0 spiro atoms. The zero-order valence-corrected chi connectivity index (χ0v) is 14.8. The molecule has 1 aliphatic rings. The number of H-pyrrole nitrogens is 1. The third-order valence-corrected chi connectivity index (χ3v) is 4.79. The fourth-order valence-corrected chi connectivity index (χ4v) is 3.41. The smallest absolute Gasteiger partial charge is 0.256 e. The summed E-state index contributed by atoms with van der Waals surface area (Å²) in [5.74, 6) is 0.585. The Morgan fingerprint density at radius 2 is 1.93 bits per heavy atom. The highest BCUT2D eigenvalue weighted by atomic mass is 19.1. The van der Waals surface area contributed by atoms with Crippen LogP contribution in [0.4, 0.5) is 4.39 Å². The molecule has 0 unspecified atom stereocenters. The summed E-state index contributed by atoms with van der Waals surface area (Å²) in [5.41, 5.74) is 1.04. The maximum Gasteiger partial charge on any atom is 0.256 e.